The lowest BCUT2D eigenvalue weighted by molar-refractivity contribution is 0.626. The van der Waals surface area contributed by atoms with Gasteiger partial charge in [-0.1, -0.05) is 11.8 Å². The fraction of sp³-hybridized carbons (Fsp3) is 0.111. The van der Waals surface area contributed by atoms with Crippen LogP contribution in [-0.4, -0.2) is 10.6 Å². The third kappa shape index (κ3) is 3.40. The van der Waals surface area contributed by atoms with Gasteiger partial charge in [-0.3, -0.25) is 0 Å². The molecule has 0 saturated carbocycles. The van der Waals surface area contributed by atoms with E-state index in [1.54, 1.807) is 18.3 Å². The molecule has 0 N–H and O–H groups in total. The van der Waals surface area contributed by atoms with E-state index < -0.39 is 0 Å². The Morgan fingerprint density at radius 2 is 2.07 bits per heavy atom. The zero-order chi connectivity index (χ0) is 10.4. The zero-order valence-corrected chi connectivity index (χ0v) is 9.03. The van der Waals surface area contributed by atoms with Gasteiger partial charge in [-0.15, -0.1) is 11.8 Å². The lowest BCUT2D eigenvalue weighted by Crippen LogP contribution is -1.83. The summed E-state index contributed by atoms with van der Waals surface area (Å²) in [6, 6.07) is 6.07. The molecule has 0 aromatic heterocycles. The van der Waals surface area contributed by atoms with Crippen LogP contribution < -0.4 is 0 Å². The van der Waals surface area contributed by atoms with Crippen LogP contribution in [0.3, 0.4) is 0 Å². The molecule has 1 aromatic rings. The SMILES string of the molecule is CSC(=NC#N)Sc1ccc(F)cc1. The zero-order valence-electron chi connectivity index (χ0n) is 7.40. The van der Waals surface area contributed by atoms with E-state index in [0.29, 0.717) is 4.38 Å². The monoisotopic (exact) mass is 226 g/mol. The first-order valence-corrected chi connectivity index (χ1v) is 5.74. The number of hydrogen-bond donors (Lipinski definition) is 0. The van der Waals surface area contributed by atoms with Crippen molar-refractivity contribution >= 4 is 27.9 Å². The number of hydrogen-bond acceptors (Lipinski definition) is 4. The predicted octanol–water partition coefficient (Wildman–Crippen LogP) is 3.12. The van der Waals surface area contributed by atoms with Gasteiger partial charge in [-0.05, 0) is 30.5 Å². The van der Waals surface area contributed by atoms with Crippen LogP contribution in [0.25, 0.3) is 0 Å². The highest BCUT2D eigenvalue weighted by Crippen LogP contribution is 2.24. The van der Waals surface area contributed by atoms with Gasteiger partial charge in [0.05, 0.1) is 0 Å². The molecule has 1 aromatic carbocycles. The van der Waals surface area contributed by atoms with Gasteiger partial charge in [-0.25, -0.2) is 4.39 Å². The number of nitriles is 1. The molecule has 0 spiro atoms. The number of aliphatic imine (C=N–C) groups is 1. The number of rotatable bonds is 1. The molecule has 1 rings (SSSR count). The van der Waals surface area contributed by atoms with Crippen LogP contribution in [0.15, 0.2) is 34.2 Å². The summed E-state index contributed by atoms with van der Waals surface area (Å²) in [7, 11) is 0. The predicted molar refractivity (Wildman–Crippen MR) is 58.8 cm³/mol. The van der Waals surface area contributed by atoms with Crippen molar-refractivity contribution in [1.82, 2.24) is 0 Å². The molecule has 0 unspecified atom stereocenters. The molecule has 0 aliphatic rings. The first-order valence-electron chi connectivity index (χ1n) is 3.70. The van der Waals surface area contributed by atoms with E-state index in [9.17, 15) is 4.39 Å². The fourth-order valence-corrected chi connectivity index (χ4v) is 2.07. The van der Waals surface area contributed by atoms with Crippen molar-refractivity contribution in [3.8, 4) is 6.19 Å². The third-order valence-electron chi connectivity index (χ3n) is 1.33. The maximum Gasteiger partial charge on any atom is 0.207 e. The topological polar surface area (TPSA) is 36.1 Å². The summed E-state index contributed by atoms with van der Waals surface area (Å²) < 4.78 is 13.2. The second kappa shape index (κ2) is 5.68. The van der Waals surface area contributed by atoms with Crippen LogP contribution in [0.2, 0.25) is 0 Å². The number of benzene rings is 1. The normalized spacial score (nSPS) is 11.1. The molecule has 0 atom stereocenters. The number of nitrogens with zero attached hydrogens (tertiary/aromatic N) is 2. The van der Waals surface area contributed by atoms with Crippen LogP contribution in [0, 0.1) is 17.3 Å². The molecule has 0 aliphatic carbocycles. The quantitative estimate of drug-likeness (QED) is 0.319. The maximum absolute atomic E-state index is 12.6. The molecule has 2 nitrogen and oxygen atoms in total. The van der Waals surface area contributed by atoms with Gasteiger partial charge in [0.15, 0.2) is 0 Å². The Morgan fingerprint density at radius 3 is 2.57 bits per heavy atom. The Hall–Kier alpha value is -0.990. The third-order valence-corrected chi connectivity index (χ3v) is 3.30. The molecule has 72 valence electrons. The van der Waals surface area contributed by atoms with E-state index in [4.69, 9.17) is 5.26 Å². The lowest BCUT2D eigenvalue weighted by atomic mass is 10.4. The maximum atomic E-state index is 12.6. The smallest absolute Gasteiger partial charge is 0.207 e. The first-order chi connectivity index (χ1) is 6.76. The summed E-state index contributed by atoms with van der Waals surface area (Å²) >= 11 is 2.74. The second-order valence-electron chi connectivity index (χ2n) is 2.24. The minimum atomic E-state index is -0.266. The molecule has 0 radical (unpaired) electrons. The molecule has 14 heavy (non-hydrogen) atoms. The van der Waals surface area contributed by atoms with Crippen molar-refractivity contribution in [2.75, 3.05) is 6.26 Å². The minimum Gasteiger partial charge on any atom is -0.207 e. The van der Waals surface area contributed by atoms with Crippen LogP contribution >= 0.6 is 23.5 Å². The number of thioether (sulfide) groups is 2. The molecule has 0 saturated heterocycles. The molecular formula is C9H7FN2S2. The second-order valence-corrected chi connectivity index (χ2v) is 4.35. The van der Waals surface area contributed by atoms with E-state index in [1.165, 1.54) is 35.7 Å². The Bertz CT molecular complexity index is 367. The lowest BCUT2D eigenvalue weighted by Gasteiger charge is -1.99. The summed E-state index contributed by atoms with van der Waals surface area (Å²) in [6.07, 6.45) is 3.56. The largest absolute Gasteiger partial charge is 0.207 e. The molecule has 0 amide bonds. The van der Waals surface area contributed by atoms with Crippen LogP contribution in [-0.2, 0) is 0 Å². The molecule has 0 fully saturated rings. The summed E-state index contributed by atoms with van der Waals surface area (Å²) in [5.41, 5.74) is 0. The first kappa shape index (κ1) is 11.1. The Labute approximate surface area is 90.2 Å². The van der Waals surface area contributed by atoms with Crippen LogP contribution in [0.1, 0.15) is 0 Å². The van der Waals surface area contributed by atoms with Crippen molar-refractivity contribution in [2.24, 2.45) is 4.99 Å². The standard InChI is InChI=1S/C9H7FN2S2/c1-13-9(12-6-11)14-8-4-2-7(10)3-5-8/h2-5H,1H3. The van der Waals surface area contributed by atoms with Crippen molar-refractivity contribution in [2.45, 2.75) is 4.90 Å². The highest BCUT2D eigenvalue weighted by atomic mass is 32.2. The molecule has 0 heterocycles. The van der Waals surface area contributed by atoms with Gasteiger partial charge < -0.3 is 0 Å². The average Bonchev–Trinajstić information content (AvgIpc) is 2.20. The van der Waals surface area contributed by atoms with Crippen LogP contribution in [0.5, 0.6) is 0 Å². The molecular weight excluding hydrogens is 219 g/mol. The van der Waals surface area contributed by atoms with E-state index in [0.717, 1.165) is 4.90 Å². The summed E-state index contributed by atoms with van der Waals surface area (Å²) in [4.78, 5) is 4.48. The van der Waals surface area contributed by atoms with E-state index in [-0.39, 0.29) is 5.82 Å². The summed E-state index contributed by atoms with van der Waals surface area (Å²) in [5, 5.41) is 8.37. The van der Waals surface area contributed by atoms with Gasteiger partial charge in [0.1, 0.15) is 10.2 Å². The van der Waals surface area contributed by atoms with Crippen molar-refractivity contribution in [3.63, 3.8) is 0 Å². The van der Waals surface area contributed by atoms with Crippen molar-refractivity contribution < 1.29 is 4.39 Å². The average molecular weight is 226 g/mol. The van der Waals surface area contributed by atoms with Gasteiger partial charge in [0.25, 0.3) is 0 Å². The summed E-state index contributed by atoms with van der Waals surface area (Å²) in [5.74, 6) is -0.266. The van der Waals surface area contributed by atoms with Gasteiger partial charge in [-0.2, -0.15) is 10.3 Å². The van der Waals surface area contributed by atoms with Gasteiger partial charge in [0.2, 0.25) is 6.19 Å². The molecule has 5 heteroatoms. The van der Waals surface area contributed by atoms with Crippen LogP contribution in [0.4, 0.5) is 4.39 Å². The Morgan fingerprint density at radius 1 is 1.43 bits per heavy atom. The Balaban J connectivity index is 2.74. The molecule has 0 bridgehead atoms. The summed E-state index contributed by atoms with van der Waals surface area (Å²) in [6.45, 7) is 0. The van der Waals surface area contributed by atoms with Crippen molar-refractivity contribution in [3.05, 3.63) is 30.1 Å². The van der Waals surface area contributed by atoms with Gasteiger partial charge >= 0.3 is 0 Å². The highest BCUT2D eigenvalue weighted by molar-refractivity contribution is 8.38. The van der Waals surface area contributed by atoms with E-state index in [2.05, 4.69) is 4.99 Å². The molecule has 0 aliphatic heterocycles. The fourth-order valence-electron chi connectivity index (χ4n) is 0.754. The minimum absolute atomic E-state index is 0.266. The van der Waals surface area contributed by atoms with E-state index in [1.807, 2.05) is 6.26 Å². The number of halogens is 1. The van der Waals surface area contributed by atoms with Crippen molar-refractivity contribution in [1.29, 1.82) is 5.26 Å². The highest BCUT2D eigenvalue weighted by Gasteiger charge is 2.01. The Kier molecular flexibility index (Phi) is 4.50. The van der Waals surface area contributed by atoms with E-state index >= 15 is 0 Å². The van der Waals surface area contributed by atoms with Gasteiger partial charge in [0, 0.05) is 4.90 Å².